The Kier molecular flexibility index (Phi) is 5.15. The van der Waals surface area contributed by atoms with Crippen LogP contribution in [0.4, 0.5) is 0 Å². The molecule has 0 spiro atoms. The van der Waals surface area contributed by atoms with Crippen LogP contribution in [0, 0.1) is 0 Å². The number of sulfonamides is 1. The van der Waals surface area contributed by atoms with Crippen LogP contribution >= 0.6 is 15.9 Å². The highest BCUT2D eigenvalue weighted by atomic mass is 79.9. The number of hydrogen-bond acceptors (Lipinski definition) is 4. The summed E-state index contributed by atoms with van der Waals surface area (Å²) in [6, 6.07) is 5.19. The van der Waals surface area contributed by atoms with Crippen molar-refractivity contribution in [2.45, 2.75) is 18.0 Å². The van der Waals surface area contributed by atoms with Gasteiger partial charge < -0.3 is 5.32 Å². The molecule has 6 nitrogen and oxygen atoms in total. The number of nitrogens with zero attached hydrogens (tertiary/aromatic N) is 2. The molecule has 0 aliphatic heterocycles. The summed E-state index contributed by atoms with van der Waals surface area (Å²) in [5, 5.41) is 7.03. The average Bonchev–Trinajstić information content (AvgIpc) is 2.83. The Hall–Kier alpha value is -1.22. The zero-order valence-electron chi connectivity index (χ0n) is 11.8. The molecule has 21 heavy (non-hydrogen) atoms. The normalized spacial score (nSPS) is 11.8. The monoisotopic (exact) mass is 372 g/mol. The molecule has 1 aromatic carbocycles. The summed E-state index contributed by atoms with van der Waals surface area (Å²) in [6.07, 6.45) is 3.40. The third kappa shape index (κ3) is 4.13. The molecule has 114 valence electrons. The molecule has 1 heterocycles. The molecular weight excluding hydrogens is 356 g/mol. The average molecular weight is 373 g/mol. The molecule has 2 N–H and O–H groups in total. The predicted octanol–water partition coefficient (Wildman–Crippen LogP) is 1.38. The van der Waals surface area contributed by atoms with Gasteiger partial charge >= 0.3 is 0 Å². The van der Waals surface area contributed by atoms with Crippen molar-refractivity contribution in [2.75, 3.05) is 7.05 Å². The van der Waals surface area contributed by atoms with Crippen LogP contribution in [0.2, 0.25) is 0 Å². The van der Waals surface area contributed by atoms with Crippen molar-refractivity contribution in [3.05, 3.63) is 46.2 Å². The Balaban J connectivity index is 2.15. The molecule has 0 fully saturated rings. The van der Waals surface area contributed by atoms with Crippen molar-refractivity contribution in [1.82, 2.24) is 19.8 Å². The molecule has 1 aromatic heterocycles. The highest BCUT2D eigenvalue weighted by Gasteiger charge is 2.17. The van der Waals surface area contributed by atoms with E-state index in [0.717, 1.165) is 11.1 Å². The number of rotatable bonds is 6. The highest BCUT2D eigenvalue weighted by Crippen LogP contribution is 2.23. The van der Waals surface area contributed by atoms with Crippen LogP contribution < -0.4 is 10.0 Å². The molecule has 2 rings (SSSR count). The Morgan fingerprint density at radius 2 is 2.05 bits per heavy atom. The van der Waals surface area contributed by atoms with Crippen LogP contribution in [-0.4, -0.2) is 25.2 Å². The molecule has 0 atom stereocenters. The van der Waals surface area contributed by atoms with Gasteiger partial charge in [0.25, 0.3) is 0 Å². The van der Waals surface area contributed by atoms with Gasteiger partial charge in [-0.1, -0.05) is 6.07 Å². The lowest BCUT2D eigenvalue weighted by Gasteiger charge is -2.09. The van der Waals surface area contributed by atoms with E-state index in [1.165, 1.54) is 0 Å². The van der Waals surface area contributed by atoms with Gasteiger partial charge in [-0.2, -0.15) is 5.10 Å². The molecule has 0 aliphatic rings. The summed E-state index contributed by atoms with van der Waals surface area (Å²) >= 11 is 3.32. The first-order valence-corrected chi connectivity index (χ1v) is 8.60. The maximum absolute atomic E-state index is 12.3. The molecule has 0 saturated carbocycles. The molecule has 8 heteroatoms. The Morgan fingerprint density at radius 3 is 2.62 bits per heavy atom. The predicted molar refractivity (Wildman–Crippen MR) is 84.1 cm³/mol. The van der Waals surface area contributed by atoms with Gasteiger partial charge in [-0.05, 0) is 40.7 Å². The van der Waals surface area contributed by atoms with Crippen LogP contribution in [0.5, 0.6) is 0 Å². The first kappa shape index (κ1) is 16.2. The van der Waals surface area contributed by atoms with Crippen molar-refractivity contribution in [3.63, 3.8) is 0 Å². The maximum Gasteiger partial charge on any atom is 0.241 e. The van der Waals surface area contributed by atoms with E-state index in [1.54, 1.807) is 42.3 Å². The fraction of sp³-hybridized carbons (Fsp3) is 0.308. The van der Waals surface area contributed by atoms with E-state index in [9.17, 15) is 8.42 Å². The van der Waals surface area contributed by atoms with E-state index in [4.69, 9.17) is 0 Å². The van der Waals surface area contributed by atoms with Crippen LogP contribution in [0.15, 0.2) is 40.0 Å². The molecular formula is C13H17BrN4O2S. The quantitative estimate of drug-likeness (QED) is 0.802. The number of benzene rings is 1. The van der Waals surface area contributed by atoms with Crippen LogP contribution in [0.1, 0.15) is 11.1 Å². The second-order valence-electron chi connectivity index (χ2n) is 4.64. The minimum atomic E-state index is -3.57. The fourth-order valence-electron chi connectivity index (χ4n) is 1.90. The SMILES string of the molecule is CNCc1ccc(S(=O)(=O)NCc2cnn(C)c2)c(Br)c1. The van der Waals surface area contributed by atoms with Gasteiger partial charge in [-0.25, -0.2) is 13.1 Å². The maximum atomic E-state index is 12.3. The minimum Gasteiger partial charge on any atom is -0.316 e. The number of hydrogen-bond donors (Lipinski definition) is 2. The number of aryl methyl sites for hydroxylation is 1. The van der Waals surface area contributed by atoms with E-state index >= 15 is 0 Å². The van der Waals surface area contributed by atoms with Gasteiger partial charge in [-0.15, -0.1) is 0 Å². The second-order valence-corrected chi connectivity index (χ2v) is 7.23. The van der Waals surface area contributed by atoms with Crippen LogP contribution in [0.25, 0.3) is 0 Å². The Morgan fingerprint density at radius 1 is 1.29 bits per heavy atom. The molecule has 0 bridgehead atoms. The van der Waals surface area contributed by atoms with Crippen molar-refractivity contribution < 1.29 is 8.42 Å². The van der Waals surface area contributed by atoms with Gasteiger partial charge in [0.1, 0.15) is 0 Å². The summed E-state index contributed by atoms with van der Waals surface area (Å²) < 4.78 is 29.4. The molecule has 0 saturated heterocycles. The summed E-state index contributed by atoms with van der Waals surface area (Å²) in [7, 11) is 0.0622. The summed E-state index contributed by atoms with van der Waals surface area (Å²) in [5.74, 6) is 0. The van der Waals surface area contributed by atoms with Gasteiger partial charge in [0, 0.05) is 36.4 Å². The topological polar surface area (TPSA) is 76.0 Å². The lowest BCUT2D eigenvalue weighted by Crippen LogP contribution is -2.23. The number of nitrogens with one attached hydrogen (secondary N) is 2. The van der Waals surface area contributed by atoms with Crippen molar-refractivity contribution >= 4 is 26.0 Å². The largest absolute Gasteiger partial charge is 0.316 e. The van der Waals surface area contributed by atoms with E-state index < -0.39 is 10.0 Å². The molecule has 0 aliphatic carbocycles. The number of aromatic nitrogens is 2. The lowest BCUT2D eigenvalue weighted by atomic mass is 10.2. The van der Waals surface area contributed by atoms with E-state index in [2.05, 4.69) is 31.1 Å². The van der Waals surface area contributed by atoms with E-state index in [-0.39, 0.29) is 11.4 Å². The number of halogens is 1. The fourth-order valence-corrected chi connectivity index (χ4v) is 4.04. The summed E-state index contributed by atoms with van der Waals surface area (Å²) in [6.45, 7) is 0.892. The Bertz CT molecular complexity index is 728. The molecule has 0 radical (unpaired) electrons. The molecule has 2 aromatic rings. The summed E-state index contributed by atoms with van der Waals surface area (Å²) in [4.78, 5) is 0.228. The lowest BCUT2D eigenvalue weighted by molar-refractivity contribution is 0.580. The van der Waals surface area contributed by atoms with E-state index in [1.807, 2.05) is 7.05 Å². The van der Waals surface area contributed by atoms with Crippen LogP contribution in [0.3, 0.4) is 0 Å². The zero-order valence-corrected chi connectivity index (χ0v) is 14.2. The molecule has 0 unspecified atom stereocenters. The first-order chi connectivity index (χ1) is 9.92. The van der Waals surface area contributed by atoms with Crippen molar-refractivity contribution in [3.8, 4) is 0 Å². The highest BCUT2D eigenvalue weighted by molar-refractivity contribution is 9.10. The minimum absolute atomic E-state index is 0.209. The summed E-state index contributed by atoms with van der Waals surface area (Å²) in [5.41, 5.74) is 1.82. The Labute approximate surface area is 132 Å². The van der Waals surface area contributed by atoms with E-state index in [0.29, 0.717) is 11.0 Å². The van der Waals surface area contributed by atoms with Crippen molar-refractivity contribution in [1.29, 1.82) is 0 Å². The van der Waals surface area contributed by atoms with Gasteiger partial charge in [0.05, 0.1) is 11.1 Å². The van der Waals surface area contributed by atoms with Gasteiger partial charge in [0.2, 0.25) is 10.0 Å². The van der Waals surface area contributed by atoms with Gasteiger partial charge in [0.15, 0.2) is 0 Å². The first-order valence-electron chi connectivity index (χ1n) is 6.32. The third-order valence-corrected chi connectivity index (χ3v) is 5.27. The van der Waals surface area contributed by atoms with Gasteiger partial charge in [-0.3, -0.25) is 4.68 Å². The zero-order chi connectivity index (χ0) is 15.5. The standard InChI is InChI=1S/C13H17BrN4O2S/c1-15-6-10-3-4-13(12(14)5-10)21(19,20)17-8-11-7-16-18(2)9-11/h3-5,7,9,15,17H,6,8H2,1-2H3. The third-order valence-electron chi connectivity index (χ3n) is 2.89. The van der Waals surface area contributed by atoms with Crippen molar-refractivity contribution in [2.24, 2.45) is 7.05 Å². The second kappa shape index (κ2) is 6.69. The van der Waals surface area contributed by atoms with Crippen LogP contribution in [-0.2, 0) is 30.2 Å². The molecule has 0 amide bonds. The smallest absolute Gasteiger partial charge is 0.241 e.